The highest BCUT2D eigenvalue weighted by Gasteiger charge is 2.35. The van der Waals surface area contributed by atoms with Gasteiger partial charge in [0, 0.05) is 69.3 Å². The summed E-state index contributed by atoms with van der Waals surface area (Å²) in [4.78, 5) is 26.4. The Bertz CT molecular complexity index is 1140. The number of hydrogen-bond donors (Lipinski definition) is 3. The molecule has 9 nitrogen and oxygen atoms in total. The molecule has 2 aliphatic heterocycles. The highest BCUT2D eigenvalue weighted by molar-refractivity contribution is 8.00. The summed E-state index contributed by atoms with van der Waals surface area (Å²) in [5, 5.41) is 12.0. The fourth-order valence-corrected chi connectivity index (χ4v) is 5.47. The van der Waals surface area contributed by atoms with Crippen molar-refractivity contribution in [1.29, 1.82) is 0 Å². The topological polar surface area (TPSA) is 103 Å². The van der Waals surface area contributed by atoms with Crippen molar-refractivity contribution in [3.63, 3.8) is 0 Å². The Morgan fingerprint density at radius 1 is 1.07 bits per heavy atom. The van der Waals surface area contributed by atoms with Gasteiger partial charge in [-0.1, -0.05) is 32.7 Å². The number of hydrogen-bond acceptors (Lipinski definition) is 9. The summed E-state index contributed by atoms with van der Waals surface area (Å²) in [7, 11) is 1.72. The number of piperidine rings is 2. The van der Waals surface area contributed by atoms with Crippen LogP contribution in [-0.4, -0.2) is 79.2 Å². The number of aromatic nitrogens is 2. The summed E-state index contributed by atoms with van der Waals surface area (Å²) in [5.41, 5.74) is 2.90. The highest BCUT2D eigenvalue weighted by Crippen LogP contribution is 2.36. The summed E-state index contributed by atoms with van der Waals surface area (Å²) in [5.74, 6) is -1.76. The van der Waals surface area contributed by atoms with Crippen LogP contribution >= 0.6 is 11.9 Å². The number of methoxy groups -OCH3 is 1. The Balaban J connectivity index is 0.00000226. The molecule has 2 saturated heterocycles. The minimum atomic E-state index is -2.67. The molecule has 1 amide bonds. The predicted octanol–water partition coefficient (Wildman–Crippen LogP) is 5.60. The first kappa shape index (κ1) is 32.8. The lowest BCUT2D eigenvalue weighted by Gasteiger charge is -2.40. The summed E-state index contributed by atoms with van der Waals surface area (Å²) >= 11 is 1.40. The first-order valence-electron chi connectivity index (χ1n) is 14.3. The van der Waals surface area contributed by atoms with E-state index < -0.39 is 5.92 Å². The van der Waals surface area contributed by atoms with E-state index in [-0.39, 0.29) is 43.9 Å². The largest absolute Gasteiger partial charge is 0.395 e. The smallest absolute Gasteiger partial charge is 0.258 e. The van der Waals surface area contributed by atoms with Crippen LogP contribution in [0.25, 0.3) is 0 Å². The van der Waals surface area contributed by atoms with E-state index in [1.165, 1.54) is 11.9 Å². The van der Waals surface area contributed by atoms with Crippen molar-refractivity contribution in [2.45, 2.75) is 59.3 Å². The Morgan fingerprint density at radius 3 is 2.37 bits per heavy atom. The van der Waals surface area contributed by atoms with Crippen molar-refractivity contribution in [2.75, 3.05) is 72.1 Å². The van der Waals surface area contributed by atoms with E-state index in [0.29, 0.717) is 35.4 Å². The van der Waals surface area contributed by atoms with Crippen molar-refractivity contribution < 1.29 is 23.4 Å². The number of aliphatic hydroxyl groups excluding tert-OH is 1. The molecular weight excluding hydrogens is 550 g/mol. The lowest BCUT2D eigenvalue weighted by atomic mass is 9.81. The lowest BCUT2D eigenvalue weighted by molar-refractivity contribution is -0.0222. The minimum Gasteiger partial charge on any atom is -0.395 e. The molecule has 0 bridgehead atoms. The Labute approximate surface area is 246 Å². The first-order valence-corrected chi connectivity index (χ1v) is 15.3. The van der Waals surface area contributed by atoms with Gasteiger partial charge in [-0.05, 0) is 43.4 Å². The predicted molar refractivity (Wildman–Crippen MR) is 164 cm³/mol. The summed E-state index contributed by atoms with van der Waals surface area (Å²) in [6.45, 7) is 10.7. The average Bonchev–Trinajstić information content (AvgIpc) is 2.94. The van der Waals surface area contributed by atoms with E-state index in [2.05, 4.69) is 31.8 Å². The highest BCUT2D eigenvalue weighted by atomic mass is 32.2. The van der Waals surface area contributed by atoms with Gasteiger partial charge in [-0.15, -0.1) is 0 Å². The van der Waals surface area contributed by atoms with Crippen LogP contribution in [0.15, 0.2) is 24.3 Å². The monoisotopic (exact) mass is 594 g/mol. The van der Waals surface area contributed by atoms with E-state index in [4.69, 9.17) is 9.84 Å². The molecule has 41 heavy (non-hydrogen) atoms. The molecule has 0 unspecified atom stereocenters. The molecule has 2 aromatic rings. The number of carbonyl (C=O) groups excluding carboxylic acids is 1. The van der Waals surface area contributed by atoms with E-state index in [9.17, 15) is 13.6 Å². The molecule has 0 aliphatic carbocycles. The van der Waals surface area contributed by atoms with E-state index in [1.54, 1.807) is 31.1 Å². The van der Waals surface area contributed by atoms with Crippen LogP contribution in [0.5, 0.6) is 0 Å². The minimum absolute atomic E-state index is 0.0649. The van der Waals surface area contributed by atoms with Gasteiger partial charge in [0.15, 0.2) is 0 Å². The number of aliphatic hydroxyl groups is 1. The third-order valence-electron chi connectivity index (χ3n) is 7.29. The SMILES string of the molecule is CC.COCC1(C)CCN(c2cc(NSCCO)ccc2C(=O)Nc2cc(C)nc(N3CCC(F)(F)CC3)n2)CC1. The van der Waals surface area contributed by atoms with Crippen LogP contribution in [-0.2, 0) is 4.74 Å². The lowest BCUT2D eigenvalue weighted by Crippen LogP contribution is -2.41. The van der Waals surface area contributed by atoms with E-state index >= 15 is 0 Å². The molecule has 12 heteroatoms. The molecule has 0 radical (unpaired) electrons. The van der Waals surface area contributed by atoms with Gasteiger partial charge >= 0.3 is 0 Å². The molecule has 2 fully saturated rings. The van der Waals surface area contributed by atoms with Gasteiger partial charge in [0.25, 0.3) is 11.8 Å². The Hall–Kier alpha value is -2.70. The molecule has 1 aromatic carbocycles. The number of halogens is 2. The van der Waals surface area contributed by atoms with Crippen LogP contribution in [0.2, 0.25) is 0 Å². The Morgan fingerprint density at radius 2 is 1.73 bits per heavy atom. The maximum absolute atomic E-state index is 13.6. The number of anilines is 4. The van der Waals surface area contributed by atoms with Gasteiger partial charge in [-0.3, -0.25) is 4.79 Å². The number of rotatable bonds is 10. The maximum Gasteiger partial charge on any atom is 0.258 e. The normalized spacial score (nSPS) is 17.9. The second-order valence-corrected chi connectivity index (χ2v) is 11.5. The number of carbonyl (C=O) groups is 1. The molecule has 2 aliphatic rings. The number of benzene rings is 1. The van der Waals surface area contributed by atoms with Crippen molar-refractivity contribution in [3.05, 3.63) is 35.5 Å². The number of ether oxygens (including phenoxy) is 1. The van der Waals surface area contributed by atoms with E-state index in [0.717, 1.165) is 37.3 Å². The maximum atomic E-state index is 13.6. The quantitative estimate of drug-likeness (QED) is 0.239. The molecule has 0 spiro atoms. The zero-order valence-electron chi connectivity index (χ0n) is 24.8. The molecule has 3 N–H and O–H groups in total. The van der Waals surface area contributed by atoms with Crippen LogP contribution in [0.3, 0.4) is 0 Å². The fraction of sp³-hybridized carbons (Fsp3) is 0.621. The van der Waals surface area contributed by atoms with Gasteiger partial charge in [-0.25, -0.2) is 13.8 Å². The van der Waals surface area contributed by atoms with Crippen LogP contribution < -0.4 is 19.8 Å². The van der Waals surface area contributed by atoms with Gasteiger partial charge in [0.2, 0.25) is 5.95 Å². The van der Waals surface area contributed by atoms with Crippen molar-refractivity contribution >= 4 is 41.0 Å². The zero-order chi connectivity index (χ0) is 30.0. The third-order valence-corrected chi connectivity index (χ3v) is 8.06. The van der Waals surface area contributed by atoms with Crippen LogP contribution in [0.1, 0.15) is 62.5 Å². The van der Waals surface area contributed by atoms with Crippen molar-refractivity contribution in [2.24, 2.45) is 5.41 Å². The number of aryl methyl sites for hydroxylation is 1. The standard InChI is InChI=1S/C27H38F2N6O3S.C2H6/c1-19-16-23(32-25(30-19)35-12-8-27(28,29)9-13-35)31-24(37)21-5-4-20(33-39-15-14-36)17-22(21)34-10-6-26(2,7-11-34)18-38-3;1-2/h4-5,16-17,33,36H,6-15,18H2,1-3H3,(H,30,31,32,37);1-2H3. The number of nitrogens with one attached hydrogen (secondary N) is 2. The van der Waals surface area contributed by atoms with Crippen molar-refractivity contribution in [1.82, 2.24) is 9.97 Å². The van der Waals surface area contributed by atoms with Gasteiger partial charge in [-0.2, -0.15) is 4.98 Å². The number of nitrogens with zero attached hydrogens (tertiary/aromatic N) is 4. The second-order valence-electron chi connectivity index (χ2n) is 10.6. The third kappa shape index (κ3) is 9.14. The zero-order valence-corrected chi connectivity index (χ0v) is 25.6. The molecule has 4 rings (SSSR count). The van der Waals surface area contributed by atoms with Gasteiger partial charge < -0.3 is 29.7 Å². The number of alkyl halides is 2. The molecule has 0 saturated carbocycles. The molecule has 0 atom stereocenters. The van der Waals surface area contributed by atoms with Gasteiger partial charge in [0.05, 0.1) is 24.5 Å². The Kier molecular flexibility index (Phi) is 12.0. The fourth-order valence-electron chi connectivity index (χ4n) is 4.98. The van der Waals surface area contributed by atoms with Crippen LogP contribution in [0, 0.1) is 12.3 Å². The van der Waals surface area contributed by atoms with Crippen molar-refractivity contribution in [3.8, 4) is 0 Å². The molecule has 228 valence electrons. The average molecular weight is 595 g/mol. The molecule has 1 aromatic heterocycles. The summed E-state index contributed by atoms with van der Waals surface area (Å²) in [6, 6.07) is 7.27. The molecule has 3 heterocycles. The second kappa shape index (κ2) is 15.0. The molecular formula is C29H44F2N6O3S. The first-order chi connectivity index (χ1) is 19.6. The van der Waals surface area contributed by atoms with Crippen LogP contribution in [0.4, 0.5) is 31.9 Å². The van der Waals surface area contributed by atoms with E-state index in [1.807, 2.05) is 26.0 Å². The summed E-state index contributed by atoms with van der Waals surface area (Å²) < 4.78 is 36.0. The number of amides is 1. The van der Waals surface area contributed by atoms with Gasteiger partial charge in [0.1, 0.15) is 5.82 Å². The summed E-state index contributed by atoms with van der Waals surface area (Å²) in [6.07, 6.45) is 1.38.